The molecule has 21 nitrogen and oxygen atoms in total. The summed E-state index contributed by atoms with van der Waals surface area (Å²) in [5, 5.41) is 8.55. The van der Waals surface area contributed by atoms with Crippen LogP contribution in [0.5, 0.6) is 34.5 Å². The molecule has 9 amide bonds. The summed E-state index contributed by atoms with van der Waals surface area (Å²) >= 11 is 0. The number of fused-ring (bicyclic) bond motifs is 12. The van der Waals surface area contributed by atoms with Crippen molar-refractivity contribution < 1.29 is 57.2 Å². The Hall–Kier alpha value is -9.66. The molecule has 99 heavy (non-hydrogen) atoms. The van der Waals surface area contributed by atoms with Crippen LogP contribution >= 0.6 is 0 Å². The molecule has 0 spiro atoms. The van der Waals surface area contributed by atoms with E-state index in [-0.39, 0.29) is 76.1 Å². The van der Waals surface area contributed by atoms with Crippen LogP contribution in [-0.4, -0.2) is 131 Å². The van der Waals surface area contributed by atoms with Gasteiger partial charge in [0.2, 0.25) is 0 Å². The molecule has 0 unspecified atom stereocenters. The lowest BCUT2D eigenvalue weighted by Crippen LogP contribution is -2.34. The number of urea groups is 3. The minimum absolute atomic E-state index is 0.126. The van der Waals surface area contributed by atoms with Crippen LogP contribution in [0.4, 0.5) is 31.4 Å². The molecule has 534 valence electrons. The molecule has 6 aromatic rings. The number of ether oxygens (including phenoxy) is 6. The molecule has 0 aromatic heterocycles. The van der Waals surface area contributed by atoms with E-state index >= 15 is 0 Å². The second-order valence-corrected chi connectivity index (χ2v) is 28.2. The second-order valence-electron chi connectivity index (χ2n) is 28.2. The van der Waals surface area contributed by atoms with Crippen LogP contribution in [0, 0.1) is 0 Å². The van der Waals surface area contributed by atoms with Crippen molar-refractivity contribution in [2.75, 3.05) is 96.4 Å². The summed E-state index contributed by atoms with van der Waals surface area (Å²) in [6.07, 6.45) is 0.754. The highest BCUT2D eigenvalue weighted by Crippen LogP contribution is 2.45. The molecule has 12 bridgehead atoms. The third-order valence-corrected chi connectivity index (χ3v) is 18.1. The molecule has 0 heterocycles. The Labute approximate surface area is 585 Å². The van der Waals surface area contributed by atoms with Crippen molar-refractivity contribution in [1.29, 1.82) is 0 Å². The summed E-state index contributed by atoms with van der Waals surface area (Å²) in [5.41, 5.74) is 28.2. The van der Waals surface area contributed by atoms with Gasteiger partial charge in [0, 0.05) is 128 Å². The summed E-state index contributed by atoms with van der Waals surface area (Å²) < 4.78 is 40.5. The molecule has 0 radical (unpaired) electrons. The summed E-state index contributed by atoms with van der Waals surface area (Å²) in [4.78, 5) is 87.0. The van der Waals surface area contributed by atoms with Crippen molar-refractivity contribution in [2.24, 2.45) is 17.2 Å². The topological polar surface area (TPSA) is 282 Å². The van der Waals surface area contributed by atoms with E-state index in [1.165, 1.54) is 0 Å². The zero-order valence-electron chi connectivity index (χ0n) is 61.5. The zero-order chi connectivity index (χ0) is 73.0. The lowest BCUT2D eigenvalue weighted by molar-refractivity contribution is -0.133. The van der Waals surface area contributed by atoms with Crippen molar-refractivity contribution >= 4 is 52.9 Å². The number of likely N-dealkylation sites (N-methyl/N-ethyl adjacent to an activating group) is 3. The number of anilines is 3. The molecule has 0 atom stereocenters. The van der Waals surface area contributed by atoms with Gasteiger partial charge < -0.3 is 76.3 Å². The highest BCUT2D eigenvalue weighted by molar-refractivity contribution is 5.90. The zero-order valence-corrected chi connectivity index (χ0v) is 61.5. The summed E-state index contributed by atoms with van der Waals surface area (Å²) in [6.45, 7) is 32.2. The Morgan fingerprint density at radius 3 is 0.636 bits per heavy atom. The standard InChI is InChI=1S/C78H105N9O12/c1-19-85(20-2)64(88)43-97-70-52-25-46-31-58(76(7,8)9)33-48(67(46)94-16)27-54-39-62(83-74(80)92)41-56(71(54)98-44-65(89)86(21-3)22-4)29-50-35-60(78(13,14)15)36-51(69(50)96-18)30-57-42-63(84-75(81)93)40-55(72(57)99-45-66(90)87(23-5)24-6)28-49-34-59(77(10,11)12)32-47(68(49)95-17)26-53(70)38-61(37-52)82-73(79)91/h31-42H,19-30,43-45H2,1-18H3,(H3,79,82,91)(H3,80,83,92)(H3,81,84,93). The monoisotopic (exact) mass is 1360 g/mol. The van der Waals surface area contributed by atoms with E-state index in [4.69, 9.17) is 45.6 Å². The molecule has 9 N–H and O–H groups in total. The number of rotatable bonds is 21. The fourth-order valence-corrected chi connectivity index (χ4v) is 13.0. The van der Waals surface area contributed by atoms with E-state index in [1.54, 1.807) is 72.4 Å². The van der Waals surface area contributed by atoms with Crippen LogP contribution < -0.4 is 61.6 Å². The first-order chi connectivity index (χ1) is 46.7. The van der Waals surface area contributed by atoms with E-state index in [0.717, 1.165) is 50.1 Å². The maximum Gasteiger partial charge on any atom is 0.316 e. The molecule has 1 aliphatic rings. The van der Waals surface area contributed by atoms with Crippen LogP contribution in [0.2, 0.25) is 0 Å². The number of carbonyl (C=O) groups excluding carboxylic acids is 6. The van der Waals surface area contributed by atoms with E-state index in [9.17, 15) is 28.8 Å². The average Bonchev–Trinajstić information content (AvgIpc) is 0.778. The van der Waals surface area contributed by atoms with Crippen LogP contribution in [0.1, 0.15) is 187 Å². The Balaban J connectivity index is 1.72. The number of nitrogens with one attached hydrogen (secondary N) is 3. The number of amides is 9. The Morgan fingerprint density at radius 1 is 0.323 bits per heavy atom. The van der Waals surface area contributed by atoms with Crippen molar-refractivity contribution in [1.82, 2.24) is 14.7 Å². The molecule has 0 saturated carbocycles. The second kappa shape index (κ2) is 32.8. The number of hydrogen-bond acceptors (Lipinski definition) is 12. The van der Waals surface area contributed by atoms with E-state index in [1.807, 2.05) is 41.5 Å². The lowest BCUT2D eigenvalue weighted by atomic mass is 9.81. The predicted octanol–water partition coefficient (Wildman–Crippen LogP) is 12.7. The summed E-state index contributed by atoms with van der Waals surface area (Å²) in [5.74, 6) is 1.90. The van der Waals surface area contributed by atoms with Crippen molar-refractivity contribution in [3.8, 4) is 34.5 Å². The average molecular weight is 1360 g/mol. The number of nitrogens with two attached hydrogens (primary N) is 3. The van der Waals surface area contributed by atoms with Gasteiger partial charge in [-0.25, -0.2) is 14.4 Å². The Morgan fingerprint density at radius 2 is 0.495 bits per heavy atom. The number of carbonyl (C=O) groups is 6. The van der Waals surface area contributed by atoms with Gasteiger partial charge in [-0.15, -0.1) is 0 Å². The third kappa shape index (κ3) is 19.2. The molecular weight excluding hydrogens is 1250 g/mol. The van der Waals surface area contributed by atoms with E-state index in [2.05, 4.69) is 115 Å². The Kier molecular flexibility index (Phi) is 25.4. The van der Waals surface area contributed by atoms with Crippen LogP contribution in [0.25, 0.3) is 0 Å². The van der Waals surface area contributed by atoms with E-state index < -0.39 is 34.3 Å². The van der Waals surface area contributed by atoms with E-state index in [0.29, 0.717) is 124 Å². The van der Waals surface area contributed by atoms with Gasteiger partial charge in [0.05, 0.1) is 21.3 Å². The quantitative estimate of drug-likeness (QED) is 0.0392. The van der Waals surface area contributed by atoms with Crippen LogP contribution in [0.3, 0.4) is 0 Å². The highest BCUT2D eigenvalue weighted by atomic mass is 16.5. The molecule has 0 saturated heterocycles. The van der Waals surface area contributed by atoms with Crippen molar-refractivity contribution in [3.63, 3.8) is 0 Å². The fourth-order valence-electron chi connectivity index (χ4n) is 13.0. The lowest BCUT2D eigenvalue weighted by Gasteiger charge is -2.27. The smallest absolute Gasteiger partial charge is 0.316 e. The number of hydrogen-bond donors (Lipinski definition) is 6. The first-order valence-corrected chi connectivity index (χ1v) is 34.2. The van der Waals surface area contributed by atoms with Gasteiger partial charge in [0.1, 0.15) is 34.5 Å². The minimum Gasteiger partial charge on any atom is -0.496 e. The molecule has 21 heteroatoms. The largest absolute Gasteiger partial charge is 0.496 e. The number of primary amides is 3. The van der Waals surface area contributed by atoms with Gasteiger partial charge in [-0.1, -0.05) is 98.7 Å². The molecule has 6 aromatic carbocycles. The SMILES string of the molecule is CCN(CC)C(=O)COc1c2cc(NC(N)=O)cc1Cc1cc(C(C)(C)C)cc(c1OC)Cc1cc(NC(N)=O)cc(c1OCC(=O)N(CC)CC)Cc1cc(C(C)(C)C)cc(c1OC)Cc1cc(NC(N)=O)cc(c1OCC(=O)N(CC)CC)Cc1cc(C(C)(C)C)cc(c1OC)C2. The first-order valence-electron chi connectivity index (χ1n) is 34.2. The molecular formula is C78H105N9O12. The summed E-state index contributed by atoms with van der Waals surface area (Å²) in [6, 6.07) is 20.9. The molecule has 7 rings (SSSR count). The summed E-state index contributed by atoms with van der Waals surface area (Å²) in [7, 11) is 4.81. The van der Waals surface area contributed by atoms with Crippen LogP contribution in [0.15, 0.2) is 72.8 Å². The number of benzene rings is 6. The van der Waals surface area contributed by atoms with Gasteiger partial charge in [-0.2, -0.15) is 0 Å². The Bertz CT molecular complexity index is 3410. The van der Waals surface area contributed by atoms with Crippen LogP contribution in [-0.2, 0) is 69.2 Å². The van der Waals surface area contributed by atoms with Gasteiger partial charge >= 0.3 is 18.1 Å². The predicted molar refractivity (Wildman–Crippen MR) is 391 cm³/mol. The third-order valence-electron chi connectivity index (χ3n) is 18.1. The first kappa shape index (κ1) is 76.7. The maximum absolute atomic E-state index is 14.2. The maximum atomic E-state index is 14.2. The number of methoxy groups -OCH3 is 3. The molecule has 1 aliphatic carbocycles. The van der Waals surface area contributed by atoms with Crippen molar-refractivity contribution in [3.05, 3.63) is 156 Å². The van der Waals surface area contributed by atoms with Gasteiger partial charge in [0.15, 0.2) is 19.8 Å². The normalized spacial score (nSPS) is 12.4. The molecule has 0 aliphatic heterocycles. The van der Waals surface area contributed by atoms with Gasteiger partial charge in [-0.05, 0) is 144 Å². The van der Waals surface area contributed by atoms with Gasteiger partial charge in [-0.3, -0.25) is 14.4 Å². The van der Waals surface area contributed by atoms with Crippen molar-refractivity contribution in [2.45, 2.75) is 159 Å². The minimum atomic E-state index is -0.810. The number of nitrogens with zero attached hydrogens (tertiary/aromatic N) is 3. The molecule has 0 fully saturated rings. The highest BCUT2D eigenvalue weighted by Gasteiger charge is 2.31. The van der Waals surface area contributed by atoms with Gasteiger partial charge in [0.25, 0.3) is 17.7 Å². The fraction of sp³-hybridized carbons (Fsp3) is 0.462.